The highest BCUT2D eigenvalue weighted by Crippen LogP contribution is 2.29. The monoisotopic (exact) mass is 447 g/mol. The van der Waals surface area contributed by atoms with Crippen molar-refractivity contribution in [2.45, 2.75) is 12.5 Å². The molecular weight excluding hydrogens is 429 g/mol. The second-order valence-corrected chi connectivity index (χ2v) is 7.49. The molecule has 2 aromatic carbocycles. The molecule has 30 heavy (non-hydrogen) atoms. The van der Waals surface area contributed by atoms with Crippen LogP contribution in [0.3, 0.4) is 0 Å². The number of halogens is 2. The largest absolute Gasteiger partial charge is 0.465 e. The van der Waals surface area contributed by atoms with E-state index in [2.05, 4.69) is 10.4 Å². The Balaban J connectivity index is 1.91. The van der Waals surface area contributed by atoms with Crippen LogP contribution in [0.1, 0.15) is 22.8 Å². The Hall–Kier alpha value is -2.87. The Morgan fingerprint density at radius 1 is 1.20 bits per heavy atom. The summed E-state index contributed by atoms with van der Waals surface area (Å²) in [6, 6.07) is 13.3. The fourth-order valence-corrected chi connectivity index (χ4v) is 3.46. The molecule has 1 atom stereocenters. The Labute approximate surface area is 182 Å². The van der Waals surface area contributed by atoms with Gasteiger partial charge in [0.2, 0.25) is 0 Å². The number of carbonyl (C=O) groups excluding carboxylic acids is 1. The van der Waals surface area contributed by atoms with Crippen LogP contribution < -0.4 is 10.9 Å². The third kappa shape index (κ3) is 4.33. The summed E-state index contributed by atoms with van der Waals surface area (Å²) in [7, 11) is 1.25. The molecule has 1 unspecified atom stereocenters. The van der Waals surface area contributed by atoms with Gasteiger partial charge in [-0.1, -0.05) is 53.5 Å². The van der Waals surface area contributed by atoms with E-state index >= 15 is 0 Å². The van der Waals surface area contributed by atoms with Crippen molar-refractivity contribution in [2.24, 2.45) is 0 Å². The van der Waals surface area contributed by atoms with Gasteiger partial charge < -0.3 is 15.2 Å². The van der Waals surface area contributed by atoms with Crippen molar-refractivity contribution in [2.75, 3.05) is 19.0 Å². The first-order valence-electron chi connectivity index (χ1n) is 8.93. The van der Waals surface area contributed by atoms with Gasteiger partial charge >= 0.3 is 5.97 Å². The molecule has 0 saturated heterocycles. The Bertz CT molecular complexity index is 1150. The number of rotatable bonds is 6. The van der Waals surface area contributed by atoms with Gasteiger partial charge in [0, 0.05) is 17.1 Å². The molecule has 0 bridgehead atoms. The van der Waals surface area contributed by atoms with Gasteiger partial charge in [-0.2, -0.15) is 9.78 Å². The van der Waals surface area contributed by atoms with Crippen LogP contribution in [0.2, 0.25) is 10.0 Å². The minimum atomic E-state index is -1.33. The van der Waals surface area contributed by atoms with E-state index in [1.165, 1.54) is 19.4 Å². The zero-order chi connectivity index (χ0) is 21.9. The Morgan fingerprint density at radius 2 is 1.87 bits per heavy atom. The zero-order valence-corrected chi connectivity index (χ0v) is 17.7. The van der Waals surface area contributed by atoms with Crippen molar-refractivity contribution in [3.8, 4) is 5.69 Å². The molecule has 3 rings (SSSR count). The Kier molecular flexibility index (Phi) is 6.45. The number of ether oxygens (including phenoxy) is 1. The zero-order valence-electron chi connectivity index (χ0n) is 16.2. The first kappa shape index (κ1) is 21.8. The third-order valence-electron chi connectivity index (χ3n) is 4.53. The van der Waals surface area contributed by atoms with Crippen molar-refractivity contribution < 1.29 is 14.6 Å². The van der Waals surface area contributed by atoms with E-state index in [-0.39, 0.29) is 28.5 Å². The summed E-state index contributed by atoms with van der Waals surface area (Å²) in [6.07, 6.45) is 1.35. The van der Waals surface area contributed by atoms with Crippen LogP contribution in [0.4, 0.5) is 5.69 Å². The minimum absolute atomic E-state index is 0.0281. The maximum atomic E-state index is 12.8. The summed E-state index contributed by atoms with van der Waals surface area (Å²) in [4.78, 5) is 24.8. The number of para-hydroxylation sites is 1. The summed E-state index contributed by atoms with van der Waals surface area (Å²) in [5, 5.41) is 18.1. The highest BCUT2D eigenvalue weighted by Gasteiger charge is 2.26. The van der Waals surface area contributed by atoms with Crippen LogP contribution in [-0.2, 0) is 10.3 Å². The maximum Gasteiger partial charge on any atom is 0.340 e. The highest BCUT2D eigenvalue weighted by molar-refractivity contribution is 6.33. The topological polar surface area (TPSA) is 93.5 Å². The number of methoxy groups -OCH3 is 1. The van der Waals surface area contributed by atoms with Crippen LogP contribution in [0, 0.1) is 0 Å². The van der Waals surface area contributed by atoms with Crippen LogP contribution >= 0.6 is 23.2 Å². The quantitative estimate of drug-likeness (QED) is 0.560. The minimum Gasteiger partial charge on any atom is -0.465 e. The van der Waals surface area contributed by atoms with E-state index in [1.54, 1.807) is 49.4 Å². The summed E-state index contributed by atoms with van der Waals surface area (Å²) in [6.45, 7) is 1.62. The van der Waals surface area contributed by atoms with Crippen LogP contribution in [0.25, 0.3) is 5.69 Å². The number of aromatic nitrogens is 2. The van der Waals surface area contributed by atoms with Crippen LogP contribution in [0.5, 0.6) is 0 Å². The molecule has 1 aromatic heterocycles. The molecule has 0 aliphatic heterocycles. The van der Waals surface area contributed by atoms with Crippen molar-refractivity contribution in [3.63, 3.8) is 0 Å². The number of aliphatic hydroxyl groups is 1. The molecule has 0 radical (unpaired) electrons. The second kappa shape index (κ2) is 8.87. The predicted octanol–water partition coefficient (Wildman–Crippen LogP) is 3.65. The molecule has 0 fully saturated rings. The number of hydrogen-bond acceptors (Lipinski definition) is 6. The van der Waals surface area contributed by atoms with Gasteiger partial charge in [0.1, 0.15) is 10.6 Å². The number of esters is 1. The van der Waals surface area contributed by atoms with Crippen molar-refractivity contribution in [1.82, 2.24) is 9.78 Å². The van der Waals surface area contributed by atoms with Crippen LogP contribution in [0.15, 0.2) is 59.5 Å². The van der Waals surface area contributed by atoms with Gasteiger partial charge in [-0.3, -0.25) is 4.79 Å². The molecule has 0 aliphatic rings. The highest BCUT2D eigenvalue weighted by atomic mass is 35.5. The average molecular weight is 448 g/mol. The summed E-state index contributed by atoms with van der Waals surface area (Å²) >= 11 is 12.4. The second-order valence-electron chi connectivity index (χ2n) is 6.71. The lowest BCUT2D eigenvalue weighted by Crippen LogP contribution is -2.32. The first-order chi connectivity index (χ1) is 14.3. The van der Waals surface area contributed by atoms with Gasteiger partial charge in [0.05, 0.1) is 30.2 Å². The van der Waals surface area contributed by atoms with E-state index < -0.39 is 17.1 Å². The summed E-state index contributed by atoms with van der Waals surface area (Å²) < 4.78 is 5.77. The fraction of sp³-hybridized carbons (Fsp3) is 0.190. The average Bonchev–Trinajstić information content (AvgIpc) is 2.74. The summed E-state index contributed by atoms with van der Waals surface area (Å²) in [5.41, 5.74) is -0.771. The molecule has 3 aromatic rings. The van der Waals surface area contributed by atoms with Gasteiger partial charge in [-0.05, 0) is 25.1 Å². The van der Waals surface area contributed by atoms with E-state index in [1.807, 2.05) is 0 Å². The number of nitrogens with one attached hydrogen (secondary N) is 1. The van der Waals surface area contributed by atoms with Gasteiger partial charge in [0.25, 0.3) is 5.56 Å². The van der Waals surface area contributed by atoms with Crippen molar-refractivity contribution >= 4 is 34.9 Å². The third-order valence-corrected chi connectivity index (χ3v) is 5.23. The molecule has 2 N–H and O–H groups in total. The lowest BCUT2D eigenvalue weighted by molar-refractivity contribution is 0.0600. The smallest absolute Gasteiger partial charge is 0.340 e. The summed E-state index contributed by atoms with van der Waals surface area (Å²) in [5.74, 6) is -0.603. The van der Waals surface area contributed by atoms with E-state index in [0.717, 1.165) is 4.68 Å². The van der Waals surface area contributed by atoms with Gasteiger partial charge in [-0.25, -0.2) is 4.79 Å². The molecule has 1 heterocycles. The van der Waals surface area contributed by atoms with Gasteiger partial charge in [-0.15, -0.1) is 0 Å². The number of carbonyl (C=O) groups is 1. The molecule has 9 heteroatoms. The lowest BCUT2D eigenvalue weighted by Gasteiger charge is -2.26. The van der Waals surface area contributed by atoms with Crippen LogP contribution in [-0.4, -0.2) is 34.5 Å². The molecule has 0 saturated carbocycles. The SMILES string of the molecule is COC(=O)c1ccccc1-n1ncc(NCC(C)(O)c2ccccc2Cl)c(Cl)c1=O. The lowest BCUT2D eigenvalue weighted by atomic mass is 9.96. The molecule has 0 amide bonds. The normalized spacial score (nSPS) is 12.8. The fourth-order valence-electron chi connectivity index (χ4n) is 2.93. The van der Waals surface area contributed by atoms with E-state index in [9.17, 15) is 14.7 Å². The Morgan fingerprint density at radius 3 is 2.57 bits per heavy atom. The van der Waals surface area contributed by atoms with E-state index in [0.29, 0.717) is 10.6 Å². The van der Waals surface area contributed by atoms with Gasteiger partial charge in [0.15, 0.2) is 0 Å². The molecule has 0 aliphatic carbocycles. The number of anilines is 1. The first-order valence-corrected chi connectivity index (χ1v) is 9.68. The standard InChI is InChI=1S/C21H19Cl2N3O4/c1-21(29,14-8-4-5-9-15(14)22)12-24-16-11-25-26(19(27)18(16)23)17-10-6-3-7-13(17)20(28)30-2/h3-11,24,29H,12H2,1-2H3. The molecule has 156 valence electrons. The van der Waals surface area contributed by atoms with Crippen molar-refractivity contribution in [1.29, 1.82) is 0 Å². The van der Waals surface area contributed by atoms with E-state index in [4.69, 9.17) is 27.9 Å². The maximum absolute atomic E-state index is 12.8. The molecule has 0 spiro atoms. The number of hydrogen-bond donors (Lipinski definition) is 2. The molecular formula is C21H19Cl2N3O4. The predicted molar refractivity (Wildman–Crippen MR) is 116 cm³/mol. The number of benzene rings is 2. The molecule has 7 nitrogen and oxygen atoms in total. The van der Waals surface area contributed by atoms with Crippen molar-refractivity contribution in [3.05, 3.63) is 86.3 Å². The number of nitrogens with zero attached hydrogens (tertiary/aromatic N) is 2.